The Hall–Kier alpha value is -1.49. The van der Waals surface area contributed by atoms with E-state index in [4.69, 9.17) is 0 Å². The molecule has 0 saturated heterocycles. The van der Waals surface area contributed by atoms with Crippen LogP contribution in [0.15, 0.2) is 72.8 Å². The zero-order valence-electron chi connectivity index (χ0n) is 14.7. The summed E-state index contributed by atoms with van der Waals surface area (Å²) < 4.78 is 0. The van der Waals surface area contributed by atoms with Crippen LogP contribution in [0, 0.1) is 6.92 Å². The zero-order chi connectivity index (χ0) is 16.2. The summed E-state index contributed by atoms with van der Waals surface area (Å²) in [4.78, 5) is 0. The van der Waals surface area contributed by atoms with E-state index in [9.17, 15) is 0 Å². The number of hydrogen-bond acceptors (Lipinski definition) is 0. The fraction of sp³-hybridized carbons (Fsp3) is 0.136. The molecule has 0 aliphatic heterocycles. The quantitative estimate of drug-likeness (QED) is 0.316. The summed E-state index contributed by atoms with van der Waals surface area (Å²) in [5.74, 6) is 0. The van der Waals surface area contributed by atoms with E-state index in [0.29, 0.717) is 0 Å². The van der Waals surface area contributed by atoms with Crippen LogP contribution in [0.5, 0.6) is 0 Å². The molecule has 0 nitrogen and oxygen atoms in total. The van der Waals surface area contributed by atoms with Gasteiger partial charge in [0.1, 0.15) is 0 Å². The van der Waals surface area contributed by atoms with E-state index >= 15 is 0 Å². The van der Waals surface area contributed by atoms with Gasteiger partial charge in [-0.1, -0.05) is 44.3 Å². The summed E-state index contributed by atoms with van der Waals surface area (Å²) in [6.07, 6.45) is 0. The molecule has 0 heterocycles. The number of fused-ring (bicyclic) bond motifs is 2. The zero-order valence-corrected chi connectivity index (χ0v) is 17.1. The fourth-order valence-electron chi connectivity index (χ4n) is 2.90. The van der Waals surface area contributed by atoms with Gasteiger partial charge in [-0.3, -0.25) is 0 Å². The molecule has 0 spiro atoms. The summed E-state index contributed by atoms with van der Waals surface area (Å²) in [5, 5.41) is 5.41. The van der Waals surface area contributed by atoms with Crippen LogP contribution in [-0.4, -0.2) is 37.1 Å². The predicted octanol–water partition coefficient (Wildman–Crippen LogP) is 5.53. The van der Waals surface area contributed by atoms with Crippen molar-refractivity contribution in [1.29, 1.82) is 0 Å². The molecule has 0 aliphatic carbocycles. The molecule has 116 valence electrons. The van der Waals surface area contributed by atoms with Crippen molar-refractivity contribution in [3.8, 4) is 0 Å². The van der Waals surface area contributed by atoms with Crippen molar-refractivity contribution in [2.24, 2.45) is 0 Å². The summed E-state index contributed by atoms with van der Waals surface area (Å²) >= 11 is 0. The first-order valence-electron chi connectivity index (χ1n) is 8.04. The van der Waals surface area contributed by atoms with Crippen LogP contribution in [0.3, 0.4) is 0 Å². The first-order valence-corrected chi connectivity index (χ1v) is 10.6. The van der Waals surface area contributed by atoms with Gasteiger partial charge >= 0.3 is 23.1 Å². The molecule has 4 aromatic carbocycles. The molecule has 0 N–H and O–H groups in total. The third-order valence-corrected chi connectivity index (χ3v) is 4.77. The maximum absolute atomic E-state index is 2.39. The summed E-state index contributed by atoms with van der Waals surface area (Å²) in [7, 11) is -0.259. The maximum Gasteiger partial charge on any atom is 2.00 e. The van der Waals surface area contributed by atoms with E-state index in [2.05, 4.69) is 98.5 Å². The van der Waals surface area contributed by atoms with E-state index < -0.39 is 0 Å². The molecule has 0 bridgehead atoms. The minimum absolute atomic E-state index is 0. The standard InChI is InChI=1S/C12H13Si.C10H9.Mg/c1-13(2)9-10-7-11-5-3-4-6-12(11)8-10;1-8-6-9-4-2-3-5-10(9)7-8;/h3-9H,1-2H3;2-7H,1H3;/q2*-1;+2. The molecule has 0 aromatic heterocycles. The Morgan fingerprint density at radius 3 is 1.88 bits per heavy atom. The van der Waals surface area contributed by atoms with E-state index in [1.807, 2.05) is 0 Å². The second kappa shape index (κ2) is 8.56. The Labute approximate surface area is 162 Å². The SMILES string of the molecule is C[Si](C)=Cc1cc2ccccc2[cH-]1.Cc1cc2ccccc2[cH-]1.[Mg+2]. The Bertz CT molecular complexity index is 886. The first-order chi connectivity index (χ1) is 11.1. The fourth-order valence-corrected chi connectivity index (χ4v) is 3.73. The van der Waals surface area contributed by atoms with Gasteiger partial charge in [0, 0.05) is 0 Å². The molecule has 0 radical (unpaired) electrons. The second-order valence-corrected chi connectivity index (χ2v) is 8.74. The third-order valence-electron chi connectivity index (χ3n) is 3.86. The van der Waals surface area contributed by atoms with Crippen molar-refractivity contribution in [2.45, 2.75) is 20.0 Å². The van der Waals surface area contributed by atoms with Crippen molar-refractivity contribution < 1.29 is 0 Å². The molecule has 4 rings (SSSR count). The van der Waals surface area contributed by atoms with Crippen LogP contribution in [0.1, 0.15) is 11.1 Å². The second-order valence-electron chi connectivity index (χ2n) is 6.30. The van der Waals surface area contributed by atoms with Gasteiger partial charge in [0.25, 0.3) is 0 Å². The van der Waals surface area contributed by atoms with Crippen LogP contribution >= 0.6 is 0 Å². The molecule has 0 saturated carbocycles. The normalized spacial score (nSPS) is 9.96. The van der Waals surface area contributed by atoms with Crippen LogP contribution < -0.4 is 0 Å². The Morgan fingerprint density at radius 1 is 0.792 bits per heavy atom. The first kappa shape index (κ1) is 18.8. The topological polar surface area (TPSA) is 0 Å². The molecular formula is C22H22MgSi. The van der Waals surface area contributed by atoms with Gasteiger partial charge in [-0.15, -0.1) is 80.8 Å². The van der Waals surface area contributed by atoms with Gasteiger partial charge in [0.2, 0.25) is 0 Å². The van der Waals surface area contributed by atoms with Crippen LogP contribution in [0.25, 0.3) is 21.5 Å². The number of benzene rings is 2. The largest absolute Gasteiger partial charge is 2.00 e. The van der Waals surface area contributed by atoms with Crippen molar-refractivity contribution in [1.82, 2.24) is 0 Å². The van der Waals surface area contributed by atoms with E-state index in [1.165, 1.54) is 32.7 Å². The molecule has 0 amide bonds. The molecule has 0 atom stereocenters. The summed E-state index contributed by atoms with van der Waals surface area (Å²) in [6.45, 7) is 6.74. The van der Waals surface area contributed by atoms with Crippen molar-refractivity contribution in [3.05, 3.63) is 83.9 Å². The molecular weight excluding hydrogens is 317 g/mol. The molecule has 24 heavy (non-hydrogen) atoms. The van der Waals surface area contributed by atoms with Gasteiger partial charge in [0.05, 0.1) is 0 Å². The van der Waals surface area contributed by atoms with Crippen molar-refractivity contribution >= 4 is 58.7 Å². The van der Waals surface area contributed by atoms with Gasteiger partial charge in [-0.25, -0.2) is 0 Å². The monoisotopic (exact) mass is 338 g/mol. The molecule has 0 aliphatic rings. The van der Waals surface area contributed by atoms with E-state index in [-0.39, 0.29) is 31.5 Å². The van der Waals surface area contributed by atoms with Crippen molar-refractivity contribution in [3.63, 3.8) is 0 Å². The smallest absolute Gasteiger partial charge is 0.165 e. The van der Waals surface area contributed by atoms with Gasteiger partial charge in [0.15, 0.2) is 0 Å². The molecule has 4 aromatic rings. The summed E-state index contributed by atoms with van der Waals surface area (Å²) in [6, 6.07) is 25.9. The summed E-state index contributed by atoms with van der Waals surface area (Å²) in [5.41, 5.74) is 5.13. The number of hydrogen-bond donors (Lipinski definition) is 0. The Kier molecular flexibility index (Phi) is 6.72. The number of rotatable bonds is 1. The van der Waals surface area contributed by atoms with Gasteiger partial charge < -0.3 is 0 Å². The molecule has 0 fully saturated rings. The van der Waals surface area contributed by atoms with Gasteiger partial charge in [-0.05, 0) is 8.41 Å². The average Bonchev–Trinajstić information content (AvgIpc) is 3.08. The van der Waals surface area contributed by atoms with Gasteiger partial charge in [-0.2, -0.15) is 6.07 Å². The maximum atomic E-state index is 2.39. The Balaban J connectivity index is 0.000000172. The minimum Gasteiger partial charge on any atom is -0.165 e. The van der Waals surface area contributed by atoms with Crippen molar-refractivity contribution in [2.75, 3.05) is 0 Å². The van der Waals surface area contributed by atoms with Crippen LogP contribution in [0.4, 0.5) is 0 Å². The predicted molar refractivity (Wildman–Crippen MR) is 112 cm³/mol. The average molecular weight is 339 g/mol. The van der Waals surface area contributed by atoms with E-state index in [0.717, 1.165) is 0 Å². The van der Waals surface area contributed by atoms with E-state index in [1.54, 1.807) is 0 Å². The minimum atomic E-state index is -0.259. The molecule has 2 heteroatoms. The van der Waals surface area contributed by atoms with Crippen LogP contribution in [-0.2, 0) is 0 Å². The molecule has 0 unspecified atom stereocenters. The Morgan fingerprint density at radius 2 is 1.33 bits per heavy atom. The third kappa shape index (κ3) is 4.76. The van der Waals surface area contributed by atoms with Crippen LogP contribution in [0.2, 0.25) is 13.1 Å². The number of aryl methyl sites for hydroxylation is 1.